The number of aromatic hydroxyl groups is 1. The lowest BCUT2D eigenvalue weighted by Gasteiger charge is -2.08. The molecule has 0 bridgehead atoms. The van der Waals surface area contributed by atoms with Gasteiger partial charge in [-0.25, -0.2) is 0 Å². The molecule has 4 N–H and O–H groups in total. The Hall–Kier alpha value is -1.76. The van der Waals surface area contributed by atoms with E-state index in [1.807, 2.05) is 35.6 Å². The summed E-state index contributed by atoms with van der Waals surface area (Å²) >= 11 is 2.00. The summed E-state index contributed by atoms with van der Waals surface area (Å²) in [5, 5.41) is 12.3. The van der Waals surface area contributed by atoms with Gasteiger partial charge in [-0.05, 0) is 65.4 Å². The summed E-state index contributed by atoms with van der Waals surface area (Å²) in [5.41, 5.74) is 8.41. The average molecular weight is 368 g/mol. The van der Waals surface area contributed by atoms with Crippen LogP contribution < -0.4 is 11.1 Å². The van der Waals surface area contributed by atoms with Crippen molar-refractivity contribution in [2.24, 2.45) is 0 Å². The first-order chi connectivity index (χ1) is 8.97. The molecular weight excluding hydrogens is 355 g/mol. The quantitative estimate of drug-likeness (QED) is 0.563. The van der Waals surface area contributed by atoms with Gasteiger partial charge in [0.2, 0.25) is 0 Å². The number of nitrogens with one attached hydrogen (secondary N) is 1. The van der Waals surface area contributed by atoms with Gasteiger partial charge in [0.05, 0.1) is 3.57 Å². The van der Waals surface area contributed by atoms with Crippen molar-refractivity contribution in [3.05, 3.63) is 51.1 Å². The zero-order valence-corrected chi connectivity index (χ0v) is 12.4. The fourth-order valence-electron chi connectivity index (χ4n) is 1.58. The molecule has 0 aliphatic heterocycles. The minimum Gasteiger partial charge on any atom is -0.507 e. The summed E-state index contributed by atoms with van der Waals surface area (Å²) in [6, 6.07) is 10.1. The van der Waals surface area contributed by atoms with Gasteiger partial charge in [0.15, 0.2) is 0 Å². The number of carbonyl (C=O) groups excluding carboxylic acids is 1. The highest BCUT2D eigenvalue weighted by atomic mass is 127. The van der Waals surface area contributed by atoms with E-state index in [1.54, 1.807) is 24.3 Å². The van der Waals surface area contributed by atoms with Crippen molar-refractivity contribution in [2.75, 3.05) is 11.1 Å². The van der Waals surface area contributed by atoms with E-state index in [2.05, 4.69) is 5.32 Å². The Morgan fingerprint density at radius 1 is 1.26 bits per heavy atom. The standard InChI is InChI=1S/C14H13IN2O2/c1-8-2-4-10(7-12(8)16)17-14(19)9-3-5-11(15)13(18)6-9/h2-7,18H,16H2,1H3,(H,17,19). The maximum absolute atomic E-state index is 12.0. The average Bonchev–Trinajstić information content (AvgIpc) is 2.37. The normalized spacial score (nSPS) is 10.2. The van der Waals surface area contributed by atoms with Crippen LogP contribution in [-0.4, -0.2) is 11.0 Å². The van der Waals surface area contributed by atoms with Crippen LogP contribution in [0.15, 0.2) is 36.4 Å². The first kappa shape index (κ1) is 13.7. The van der Waals surface area contributed by atoms with Crippen LogP contribution in [0.2, 0.25) is 0 Å². The van der Waals surface area contributed by atoms with Crippen molar-refractivity contribution in [1.82, 2.24) is 0 Å². The lowest BCUT2D eigenvalue weighted by atomic mass is 10.1. The van der Waals surface area contributed by atoms with Gasteiger partial charge in [0, 0.05) is 16.9 Å². The monoisotopic (exact) mass is 368 g/mol. The van der Waals surface area contributed by atoms with Crippen molar-refractivity contribution in [3.63, 3.8) is 0 Å². The van der Waals surface area contributed by atoms with Crippen molar-refractivity contribution in [2.45, 2.75) is 6.92 Å². The number of benzene rings is 2. The minimum atomic E-state index is -0.282. The first-order valence-electron chi connectivity index (χ1n) is 5.63. The lowest BCUT2D eigenvalue weighted by Crippen LogP contribution is -2.12. The predicted molar refractivity (Wildman–Crippen MR) is 84.4 cm³/mol. The highest BCUT2D eigenvalue weighted by Gasteiger charge is 2.09. The van der Waals surface area contributed by atoms with E-state index in [0.29, 0.717) is 20.5 Å². The van der Waals surface area contributed by atoms with Gasteiger partial charge >= 0.3 is 0 Å². The second-order valence-corrected chi connectivity index (χ2v) is 5.35. The maximum atomic E-state index is 12.0. The maximum Gasteiger partial charge on any atom is 0.255 e. The molecule has 5 heteroatoms. The Bertz CT molecular complexity index is 641. The number of nitrogens with two attached hydrogens (primary N) is 1. The molecule has 0 saturated carbocycles. The van der Waals surface area contributed by atoms with Gasteiger partial charge in [0.25, 0.3) is 5.91 Å². The molecule has 0 spiro atoms. The third kappa shape index (κ3) is 3.17. The molecule has 2 rings (SSSR count). The molecule has 98 valence electrons. The SMILES string of the molecule is Cc1ccc(NC(=O)c2ccc(I)c(O)c2)cc1N. The number of halogens is 1. The number of rotatable bonds is 2. The van der Waals surface area contributed by atoms with E-state index in [4.69, 9.17) is 5.73 Å². The summed E-state index contributed by atoms with van der Waals surface area (Å²) in [4.78, 5) is 12.0. The van der Waals surface area contributed by atoms with Crippen molar-refractivity contribution in [1.29, 1.82) is 0 Å². The van der Waals surface area contributed by atoms with Crippen LogP contribution in [0.25, 0.3) is 0 Å². The second-order valence-electron chi connectivity index (χ2n) is 4.19. The van der Waals surface area contributed by atoms with Gasteiger partial charge in [-0.3, -0.25) is 4.79 Å². The number of aryl methyl sites for hydroxylation is 1. The van der Waals surface area contributed by atoms with Crippen LogP contribution in [0.4, 0.5) is 11.4 Å². The zero-order valence-electron chi connectivity index (χ0n) is 10.3. The van der Waals surface area contributed by atoms with Gasteiger partial charge in [-0.1, -0.05) is 6.07 Å². The van der Waals surface area contributed by atoms with Crippen LogP contribution in [0.5, 0.6) is 5.75 Å². The molecule has 0 saturated heterocycles. The Labute approximate surface area is 124 Å². The fourth-order valence-corrected chi connectivity index (χ4v) is 1.91. The van der Waals surface area contributed by atoms with Gasteiger partial charge in [0.1, 0.15) is 5.75 Å². The molecule has 2 aromatic carbocycles. The molecule has 0 atom stereocenters. The number of phenols is 1. The van der Waals surface area contributed by atoms with Gasteiger partial charge in [-0.2, -0.15) is 0 Å². The number of amides is 1. The smallest absolute Gasteiger partial charge is 0.255 e. The summed E-state index contributed by atoms with van der Waals surface area (Å²) in [6.45, 7) is 1.90. The minimum absolute atomic E-state index is 0.0941. The number of carbonyl (C=O) groups is 1. The van der Waals surface area contributed by atoms with Gasteiger partial charge < -0.3 is 16.2 Å². The Kier molecular flexibility index (Phi) is 3.94. The van der Waals surface area contributed by atoms with Gasteiger partial charge in [-0.15, -0.1) is 0 Å². The topological polar surface area (TPSA) is 75.3 Å². The second kappa shape index (κ2) is 5.48. The summed E-state index contributed by atoms with van der Waals surface area (Å²) in [7, 11) is 0. The van der Waals surface area contributed by atoms with Crippen LogP contribution in [0.1, 0.15) is 15.9 Å². The van der Waals surface area contributed by atoms with E-state index in [1.165, 1.54) is 6.07 Å². The molecule has 0 fully saturated rings. The molecule has 0 unspecified atom stereocenters. The van der Waals surface area contributed by atoms with Crippen molar-refractivity contribution >= 4 is 39.9 Å². The summed E-state index contributed by atoms with van der Waals surface area (Å²) in [6.07, 6.45) is 0. The molecule has 0 aliphatic carbocycles. The molecule has 0 aliphatic rings. The highest BCUT2D eigenvalue weighted by molar-refractivity contribution is 14.1. The number of anilines is 2. The number of hydrogen-bond donors (Lipinski definition) is 3. The molecule has 19 heavy (non-hydrogen) atoms. The van der Waals surface area contributed by atoms with Crippen molar-refractivity contribution < 1.29 is 9.90 Å². The lowest BCUT2D eigenvalue weighted by molar-refractivity contribution is 0.102. The molecule has 2 aromatic rings. The third-order valence-corrected chi connectivity index (χ3v) is 3.66. The molecule has 0 heterocycles. The third-order valence-electron chi connectivity index (χ3n) is 2.75. The number of nitrogen functional groups attached to an aromatic ring is 1. The fraction of sp³-hybridized carbons (Fsp3) is 0.0714. The molecular formula is C14H13IN2O2. The first-order valence-corrected chi connectivity index (χ1v) is 6.71. The highest BCUT2D eigenvalue weighted by Crippen LogP contribution is 2.22. The zero-order chi connectivity index (χ0) is 14.0. The van der Waals surface area contributed by atoms with Crippen LogP contribution in [0, 0.1) is 10.5 Å². The summed E-state index contributed by atoms with van der Waals surface area (Å²) in [5.74, 6) is -0.188. The number of phenolic OH excluding ortho intramolecular Hbond substituents is 1. The van der Waals surface area contributed by atoms with E-state index in [-0.39, 0.29) is 11.7 Å². The molecule has 1 amide bonds. The Morgan fingerprint density at radius 3 is 2.63 bits per heavy atom. The molecule has 0 aromatic heterocycles. The summed E-state index contributed by atoms with van der Waals surface area (Å²) < 4.78 is 0.703. The number of hydrogen-bond acceptors (Lipinski definition) is 3. The molecule has 0 radical (unpaired) electrons. The Morgan fingerprint density at radius 2 is 2.00 bits per heavy atom. The van der Waals surface area contributed by atoms with E-state index < -0.39 is 0 Å². The Balaban J connectivity index is 2.20. The van der Waals surface area contributed by atoms with Crippen LogP contribution >= 0.6 is 22.6 Å². The van der Waals surface area contributed by atoms with E-state index >= 15 is 0 Å². The van der Waals surface area contributed by atoms with Crippen LogP contribution in [-0.2, 0) is 0 Å². The molecule has 4 nitrogen and oxygen atoms in total. The van der Waals surface area contributed by atoms with Crippen molar-refractivity contribution in [3.8, 4) is 5.75 Å². The van der Waals surface area contributed by atoms with E-state index in [0.717, 1.165) is 5.56 Å². The largest absolute Gasteiger partial charge is 0.507 e. The van der Waals surface area contributed by atoms with Crippen LogP contribution in [0.3, 0.4) is 0 Å². The predicted octanol–water partition coefficient (Wildman–Crippen LogP) is 3.14. The van der Waals surface area contributed by atoms with E-state index in [9.17, 15) is 9.90 Å².